The molecule has 0 aliphatic rings. The van der Waals surface area contributed by atoms with E-state index in [-0.39, 0.29) is 42.7 Å². The third-order valence-electron chi connectivity index (χ3n) is 4.21. The summed E-state index contributed by atoms with van der Waals surface area (Å²) in [6.45, 7) is 5.73. The number of carbonyl (C=O) groups is 1. The highest BCUT2D eigenvalue weighted by Crippen LogP contribution is 2.21. The first-order valence-electron chi connectivity index (χ1n) is 8.86. The maximum absolute atomic E-state index is 13.9. The molecule has 0 saturated carbocycles. The van der Waals surface area contributed by atoms with E-state index in [0.29, 0.717) is 5.56 Å². The Kier molecular flexibility index (Phi) is 6.74. The van der Waals surface area contributed by atoms with Gasteiger partial charge in [0, 0.05) is 25.8 Å². The van der Waals surface area contributed by atoms with Crippen LogP contribution in [0, 0.1) is 18.7 Å². The van der Waals surface area contributed by atoms with Crippen molar-refractivity contribution in [2.24, 2.45) is 5.92 Å². The number of nitrogens with one attached hydrogen (secondary N) is 1. The minimum absolute atomic E-state index is 0.00199. The van der Waals surface area contributed by atoms with Crippen LogP contribution in [0.4, 0.5) is 15.9 Å². The molecule has 1 aromatic heterocycles. The summed E-state index contributed by atoms with van der Waals surface area (Å²) in [6, 6.07) is 4.05. The fourth-order valence-electron chi connectivity index (χ4n) is 2.76. The molecule has 0 bridgehead atoms. The number of anilines is 2. The van der Waals surface area contributed by atoms with Crippen molar-refractivity contribution in [1.29, 1.82) is 0 Å². The van der Waals surface area contributed by atoms with Gasteiger partial charge in [-0.1, -0.05) is 19.9 Å². The molecule has 0 fully saturated rings. The standard InChI is InChI=1S/C19H25FN4O4/c1-11(2)10-24-16(21)15(17(25)22-19(24)27)23(7-8-28-4)18(26)13-6-5-12(3)14(20)9-13/h5-6,9,11H,7-8,10,21H2,1-4H3,(H,22,25,27). The maximum atomic E-state index is 13.9. The number of aryl methyl sites for hydroxylation is 1. The average Bonchev–Trinajstić information content (AvgIpc) is 2.62. The summed E-state index contributed by atoms with van der Waals surface area (Å²) in [5.41, 5.74) is 4.95. The van der Waals surface area contributed by atoms with Crippen LogP contribution in [-0.2, 0) is 11.3 Å². The largest absolute Gasteiger partial charge is 0.383 e. The van der Waals surface area contributed by atoms with Crippen LogP contribution in [0.25, 0.3) is 0 Å². The number of methoxy groups -OCH3 is 1. The van der Waals surface area contributed by atoms with Crippen LogP contribution >= 0.6 is 0 Å². The van der Waals surface area contributed by atoms with Gasteiger partial charge in [0.2, 0.25) is 0 Å². The molecule has 0 unspecified atom stereocenters. The number of nitrogens with zero attached hydrogens (tertiary/aromatic N) is 2. The lowest BCUT2D eigenvalue weighted by atomic mass is 10.1. The quantitative estimate of drug-likeness (QED) is 0.742. The summed E-state index contributed by atoms with van der Waals surface area (Å²) in [5, 5.41) is 0. The van der Waals surface area contributed by atoms with Crippen molar-refractivity contribution >= 4 is 17.4 Å². The van der Waals surface area contributed by atoms with E-state index in [1.54, 1.807) is 6.92 Å². The lowest BCUT2D eigenvalue weighted by Crippen LogP contribution is -2.43. The second-order valence-corrected chi connectivity index (χ2v) is 6.91. The lowest BCUT2D eigenvalue weighted by Gasteiger charge is -2.25. The van der Waals surface area contributed by atoms with Crippen LogP contribution in [-0.4, -0.2) is 35.7 Å². The molecule has 152 valence electrons. The molecule has 0 atom stereocenters. The van der Waals surface area contributed by atoms with Gasteiger partial charge in [-0.25, -0.2) is 9.18 Å². The van der Waals surface area contributed by atoms with Gasteiger partial charge in [0.15, 0.2) is 5.69 Å². The molecule has 8 nitrogen and oxygen atoms in total. The van der Waals surface area contributed by atoms with Crippen molar-refractivity contribution in [2.45, 2.75) is 27.3 Å². The highest BCUT2D eigenvalue weighted by Gasteiger charge is 2.25. The minimum atomic E-state index is -0.792. The summed E-state index contributed by atoms with van der Waals surface area (Å²) in [7, 11) is 1.45. The minimum Gasteiger partial charge on any atom is -0.383 e. The number of ether oxygens (including phenoxy) is 1. The zero-order valence-corrected chi connectivity index (χ0v) is 16.4. The molecule has 1 heterocycles. The predicted octanol–water partition coefficient (Wildman–Crippen LogP) is 1.52. The predicted molar refractivity (Wildman–Crippen MR) is 105 cm³/mol. The molecule has 2 aromatic rings. The van der Waals surface area contributed by atoms with Crippen LogP contribution in [0.1, 0.15) is 29.8 Å². The Morgan fingerprint density at radius 1 is 1.36 bits per heavy atom. The Labute approximate surface area is 161 Å². The van der Waals surface area contributed by atoms with E-state index in [9.17, 15) is 18.8 Å². The molecule has 0 aliphatic carbocycles. The SMILES string of the molecule is COCCN(C(=O)c1ccc(C)c(F)c1)c1c(N)n(CC(C)C)c(=O)[nH]c1=O. The molecule has 0 spiro atoms. The van der Waals surface area contributed by atoms with Crippen LogP contribution < -0.4 is 21.9 Å². The zero-order valence-electron chi connectivity index (χ0n) is 16.4. The smallest absolute Gasteiger partial charge is 0.330 e. The third kappa shape index (κ3) is 4.48. The normalized spacial score (nSPS) is 11.1. The highest BCUT2D eigenvalue weighted by molar-refractivity contribution is 6.07. The summed E-state index contributed by atoms with van der Waals surface area (Å²) in [6.07, 6.45) is 0. The second kappa shape index (κ2) is 8.83. The van der Waals surface area contributed by atoms with Gasteiger partial charge in [-0.15, -0.1) is 0 Å². The average molecular weight is 392 g/mol. The first-order valence-corrected chi connectivity index (χ1v) is 8.86. The van der Waals surface area contributed by atoms with E-state index in [0.717, 1.165) is 11.0 Å². The molecule has 28 heavy (non-hydrogen) atoms. The van der Waals surface area contributed by atoms with Crippen molar-refractivity contribution in [3.8, 4) is 0 Å². The Hall–Kier alpha value is -2.94. The maximum Gasteiger partial charge on any atom is 0.330 e. The zero-order chi connectivity index (χ0) is 21.0. The molecule has 3 N–H and O–H groups in total. The number of hydrogen-bond acceptors (Lipinski definition) is 5. The van der Waals surface area contributed by atoms with E-state index in [1.807, 2.05) is 13.8 Å². The Balaban J connectivity index is 2.62. The van der Waals surface area contributed by atoms with Crippen LogP contribution in [0.5, 0.6) is 0 Å². The van der Waals surface area contributed by atoms with Crippen molar-refractivity contribution in [2.75, 3.05) is 30.9 Å². The molecule has 0 saturated heterocycles. The first kappa shape index (κ1) is 21.4. The van der Waals surface area contributed by atoms with Gasteiger partial charge in [-0.05, 0) is 30.5 Å². The number of aromatic nitrogens is 2. The number of nitrogens with two attached hydrogens (primary N) is 1. The van der Waals surface area contributed by atoms with E-state index >= 15 is 0 Å². The van der Waals surface area contributed by atoms with Crippen LogP contribution in [0.2, 0.25) is 0 Å². The van der Waals surface area contributed by atoms with E-state index in [4.69, 9.17) is 10.5 Å². The fraction of sp³-hybridized carbons (Fsp3) is 0.421. The number of benzene rings is 1. The van der Waals surface area contributed by atoms with Crippen molar-refractivity contribution in [3.63, 3.8) is 0 Å². The first-order chi connectivity index (χ1) is 13.2. The van der Waals surface area contributed by atoms with E-state index in [2.05, 4.69) is 4.98 Å². The molecule has 0 radical (unpaired) electrons. The molecule has 0 aliphatic heterocycles. The molecule has 2 rings (SSSR count). The fourth-order valence-corrected chi connectivity index (χ4v) is 2.76. The van der Waals surface area contributed by atoms with E-state index in [1.165, 1.54) is 23.8 Å². The molecular weight excluding hydrogens is 367 g/mol. The van der Waals surface area contributed by atoms with Gasteiger partial charge in [-0.2, -0.15) is 0 Å². The number of rotatable bonds is 7. The molecular formula is C19H25FN4O4. The second-order valence-electron chi connectivity index (χ2n) is 6.91. The number of amides is 1. The van der Waals surface area contributed by atoms with Gasteiger partial charge in [0.1, 0.15) is 11.6 Å². The number of halogens is 1. The number of carbonyl (C=O) groups excluding carboxylic acids is 1. The molecule has 1 aromatic carbocycles. The lowest BCUT2D eigenvalue weighted by molar-refractivity contribution is 0.0975. The number of H-pyrrole nitrogens is 1. The summed E-state index contributed by atoms with van der Waals surface area (Å²) in [5.74, 6) is -1.21. The van der Waals surface area contributed by atoms with Gasteiger partial charge in [0.05, 0.1) is 6.61 Å². The summed E-state index contributed by atoms with van der Waals surface area (Å²) < 4.78 is 20.2. The highest BCUT2D eigenvalue weighted by atomic mass is 19.1. The summed E-state index contributed by atoms with van der Waals surface area (Å²) in [4.78, 5) is 41.0. The Morgan fingerprint density at radius 2 is 2.04 bits per heavy atom. The van der Waals surface area contributed by atoms with Gasteiger partial charge in [0.25, 0.3) is 11.5 Å². The van der Waals surface area contributed by atoms with E-state index < -0.39 is 23.0 Å². The topological polar surface area (TPSA) is 110 Å². The molecule has 9 heteroatoms. The number of nitrogen functional groups attached to an aromatic ring is 1. The Morgan fingerprint density at radius 3 is 2.61 bits per heavy atom. The van der Waals surface area contributed by atoms with Crippen LogP contribution in [0.15, 0.2) is 27.8 Å². The monoisotopic (exact) mass is 392 g/mol. The van der Waals surface area contributed by atoms with Crippen molar-refractivity contribution in [3.05, 3.63) is 56.0 Å². The van der Waals surface area contributed by atoms with Gasteiger partial charge in [-0.3, -0.25) is 24.0 Å². The van der Waals surface area contributed by atoms with Crippen molar-refractivity contribution < 1.29 is 13.9 Å². The number of hydrogen-bond donors (Lipinski definition) is 2. The third-order valence-corrected chi connectivity index (χ3v) is 4.21. The summed E-state index contributed by atoms with van der Waals surface area (Å²) >= 11 is 0. The van der Waals surface area contributed by atoms with Crippen LogP contribution in [0.3, 0.4) is 0 Å². The molecule has 1 amide bonds. The number of aromatic amines is 1. The Bertz CT molecular complexity index is 981. The van der Waals surface area contributed by atoms with Gasteiger partial charge < -0.3 is 10.5 Å². The van der Waals surface area contributed by atoms with Gasteiger partial charge >= 0.3 is 5.69 Å². The van der Waals surface area contributed by atoms with Crippen molar-refractivity contribution in [1.82, 2.24) is 9.55 Å².